The number of ether oxygens (including phenoxy) is 1. The number of methoxy groups -OCH3 is 1. The minimum absolute atomic E-state index is 0.0272. The van der Waals surface area contributed by atoms with E-state index in [4.69, 9.17) is 4.74 Å². The molecule has 0 bridgehead atoms. The summed E-state index contributed by atoms with van der Waals surface area (Å²) in [6.45, 7) is 1.82. The van der Waals surface area contributed by atoms with Crippen LogP contribution in [0.1, 0.15) is 23.7 Å². The van der Waals surface area contributed by atoms with E-state index in [9.17, 15) is 13.2 Å². The zero-order valence-electron chi connectivity index (χ0n) is 10.6. The lowest BCUT2D eigenvalue weighted by Gasteiger charge is -2.11. The number of carbonyl (C=O) groups is 1. The van der Waals surface area contributed by atoms with E-state index in [0.29, 0.717) is 18.6 Å². The van der Waals surface area contributed by atoms with Gasteiger partial charge in [0.05, 0.1) is 5.75 Å². The number of hydrogen-bond donors (Lipinski definition) is 0. The summed E-state index contributed by atoms with van der Waals surface area (Å²) in [5.74, 6) is -0.381. The Bertz CT molecular complexity index is 479. The van der Waals surface area contributed by atoms with Gasteiger partial charge in [-0.15, -0.1) is 0 Å². The molecule has 0 aliphatic heterocycles. The van der Waals surface area contributed by atoms with Crippen molar-refractivity contribution in [3.05, 3.63) is 35.9 Å². The van der Waals surface area contributed by atoms with E-state index >= 15 is 0 Å². The quantitative estimate of drug-likeness (QED) is 0.559. The molecule has 0 saturated heterocycles. The molecule has 0 radical (unpaired) electrons. The van der Waals surface area contributed by atoms with Crippen LogP contribution in [0, 0.1) is 0 Å². The van der Waals surface area contributed by atoms with Gasteiger partial charge in [0.2, 0.25) is 0 Å². The highest BCUT2D eigenvalue weighted by Gasteiger charge is 2.28. The maximum Gasteiger partial charge on any atom is 0.180 e. The first-order valence-electron chi connectivity index (χ1n) is 5.79. The van der Waals surface area contributed by atoms with Crippen molar-refractivity contribution in [1.82, 2.24) is 0 Å². The number of ketones is 1. The molecule has 0 aromatic heterocycles. The van der Waals surface area contributed by atoms with Crippen LogP contribution < -0.4 is 0 Å². The van der Waals surface area contributed by atoms with Gasteiger partial charge in [-0.05, 0) is 13.3 Å². The molecule has 0 aliphatic rings. The summed E-state index contributed by atoms with van der Waals surface area (Å²) < 4.78 is 28.7. The second-order valence-electron chi connectivity index (χ2n) is 4.09. The highest BCUT2D eigenvalue weighted by molar-refractivity contribution is 7.92. The minimum atomic E-state index is -3.41. The Morgan fingerprint density at radius 1 is 1.28 bits per heavy atom. The molecule has 0 spiro atoms. The van der Waals surface area contributed by atoms with Gasteiger partial charge in [0.1, 0.15) is 5.25 Å². The Kier molecular flexibility index (Phi) is 5.50. The number of hydrogen-bond acceptors (Lipinski definition) is 4. The molecule has 1 unspecified atom stereocenters. The number of Topliss-reactive ketones (excluding diaryl/α,β-unsaturated/α-hetero) is 1. The average molecular weight is 270 g/mol. The second kappa shape index (κ2) is 6.66. The van der Waals surface area contributed by atoms with E-state index in [2.05, 4.69) is 0 Å². The Morgan fingerprint density at radius 2 is 1.89 bits per heavy atom. The fraction of sp³-hybridized carbons (Fsp3) is 0.462. The first-order chi connectivity index (χ1) is 8.49. The van der Waals surface area contributed by atoms with Gasteiger partial charge < -0.3 is 4.74 Å². The Balaban J connectivity index is 2.74. The summed E-state index contributed by atoms with van der Waals surface area (Å²) in [6, 6.07) is 8.48. The van der Waals surface area contributed by atoms with Gasteiger partial charge in [-0.3, -0.25) is 4.79 Å². The van der Waals surface area contributed by atoms with Crippen LogP contribution >= 0.6 is 0 Å². The molecule has 18 heavy (non-hydrogen) atoms. The van der Waals surface area contributed by atoms with E-state index in [1.165, 1.54) is 14.0 Å². The normalized spacial score (nSPS) is 13.2. The molecule has 0 aliphatic carbocycles. The fourth-order valence-electron chi connectivity index (χ4n) is 1.58. The molecule has 0 amide bonds. The van der Waals surface area contributed by atoms with Crippen LogP contribution in [0.5, 0.6) is 0 Å². The van der Waals surface area contributed by atoms with E-state index < -0.39 is 15.1 Å². The van der Waals surface area contributed by atoms with Crippen molar-refractivity contribution in [1.29, 1.82) is 0 Å². The SMILES string of the molecule is COCCCS(=O)(=O)C(C)C(=O)c1ccccc1. The van der Waals surface area contributed by atoms with Crippen molar-refractivity contribution in [2.75, 3.05) is 19.5 Å². The van der Waals surface area contributed by atoms with Gasteiger partial charge in [0, 0.05) is 19.3 Å². The van der Waals surface area contributed by atoms with Crippen LogP contribution in [0.2, 0.25) is 0 Å². The molecule has 4 nitrogen and oxygen atoms in total. The molecule has 0 saturated carbocycles. The number of benzene rings is 1. The third-order valence-corrected chi connectivity index (χ3v) is 4.89. The third kappa shape index (κ3) is 3.92. The first-order valence-corrected chi connectivity index (χ1v) is 7.50. The maximum absolute atomic E-state index is 12.0. The number of rotatable bonds is 7. The zero-order valence-corrected chi connectivity index (χ0v) is 11.4. The smallest absolute Gasteiger partial charge is 0.180 e. The van der Waals surface area contributed by atoms with E-state index in [-0.39, 0.29) is 11.5 Å². The minimum Gasteiger partial charge on any atom is -0.385 e. The molecule has 1 aromatic carbocycles. The Labute approximate surface area is 108 Å². The van der Waals surface area contributed by atoms with E-state index in [0.717, 1.165) is 0 Å². The van der Waals surface area contributed by atoms with Gasteiger partial charge in [0.25, 0.3) is 0 Å². The number of sulfone groups is 1. The summed E-state index contributed by atoms with van der Waals surface area (Å²) >= 11 is 0. The molecular weight excluding hydrogens is 252 g/mol. The summed E-state index contributed by atoms with van der Waals surface area (Å²) in [7, 11) is -1.89. The van der Waals surface area contributed by atoms with Gasteiger partial charge in [-0.2, -0.15) is 0 Å². The maximum atomic E-state index is 12.0. The highest BCUT2D eigenvalue weighted by atomic mass is 32.2. The van der Waals surface area contributed by atoms with Crippen LogP contribution in [0.3, 0.4) is 0 Å². The summed E-state index contributed by atoms with van der Waals surface area (Å²) in [5, 5.41) is -1.00. The lowest BCUT2D eigenvalue weighted by atomic mass is 10.1. The molecule has 1 aromatic rings. The third-order valence-electron chi connectivity index (χ3n) is 2.74. The van der Waals surface area contributed by atoms with Crippen LogP contribution in [0.15, 0.2) is 30.3 Å². The molecular formula is C13H18O4S. The largest absolute Gasteiger partial charge is 0.385 e. The fourth-order valence-corrected chi connectivity index (χ4v) is 2.92. The van der Waals surface area contributed by atoms with Crippen molar-refractivity contribution in [2.45, 2.75) is 18.6 Å². The summed E-state index contributed by atoms with van der Waals surface area (Å²) in [6.07, 6.45) is 0.408. The van der Waals surface area contributed by atoms with Crippen LogP contribution in [-0.4, -0.2) is 38.9 Å². The van der Waals surface area contributed by atoms with Gasteiger partial charge in [-0.25, -0.2) is 8.42 Å². The average Bonchev–Trinajstić information content (AvgIpc) is 2.38. The monoisotopic (exact) mass is 270 g/mol. The molecule has 1 atom stereocenters. The first kappa shape index (κ1) is 14.9. The van der Waals surface area contributed by atoms with Crippen molar-refractivity contribution in [2.24, 2.45) is 0 Å². The van der Waals surface area contributed by atoms with Crippen LogP contribution in [-0.2, 0) is 14.6 Å². The number of carbonyl (C=O) groups excluding carboxylic acids is 1. The lowest BCUT2D eigenvalue weighted by Crippen LogP contribution is -2.29. The molecule has 5 heteroatoms. The topological polar surface area (TPSA) is 60.4 Å². The standard InChI is InChI=1S/C13H18O4S/c1-11(18(15,16)10-6-9-17-2)13(14)12-7-4-3-5-8-12/h3-5,7-8,11H,6,9-10H2,1-2H3. The van der Waals surface area contributed by atoms with Crippen molar-refractivity contribution < 1.29 is 17.9 Å². The van der Waals surface area contributed by atoms with E-state index in [1.54, 1.807) is 30.3 Å². The lowest BCUT2D eigenvalue weighted by molar-refractivity contribution is 0.0991. The molecule has 0 N–H and O–H groups in total. The summed E-state index contributed by atoms with van der Waals surface area (Å²) in [4.78, 5) is 12.0. The predicted octanol–water partition coefficient (Wildman–Crippen LogP) is 1.71. The molecule has 0 fully saturated rings. The van der Waals surface area contributed by atoms with Gasteiger partial charge in [0.15, 0.2) is 15.6 Å². The summed E-state index contributed by atoms with van der Waals surface area (Å²) in [5.41, 5.74) is 0.431. The highest BCUT2D eigenvalue weighted by Crippen LogP contribution is 2.11. The zero-order chi connectivity index (χ0) is 13.6. The van der Waals surface area contributed by atoms with Crippen molar-refractivity contribution in [3.63, 3.8) is 0 Å². The Hall–Kier alpha value is -1.20. The van der Waals surface area contributed by atoms with E-state index in [1.807, 2.05) is 0 Å². The Morgan fingerprint density at radius 3 is 2.44 bits per heavy atom. The predicted molar refractivity (Wildman–Crippen MR) is 70.5 cm³/mol. The molecule has 0 heterocycles. The van der Waals surface area contributed by atoms with Gasteiger partial charge in [-0.1, -0.05) is 30.3 Å². The van der Waals surface area contributed by atoms with Crippen LogP contribution in [0.25, 0.3) is 0 Å². The van der Waals surface area contributed by atoms with Gasteiger partial charge >= 0.3 is 0 Å². The molecule has 100 valence electrons. The second-order valence-corrected chi connectivity index (χ2v) is 6.53. The van der Waals surface area contributed by atoms with Crippen molar-refractivity contribution >= 4 is 15.6 Å². The van der Waals surface area contributed by atoms with Crippen LogP contribution in [0.4, 0.5) is 0 Å². The molecule has 1 rings (SSSR count). The van der Waals surface area contributed by atoms with Crippen molar-refractivity contribution in [3.8, 4) is 0 Å².